The van der Waals surface area contributed by atoms with Crippen molar-refractivity contribution in [3.63, 3.8) is 0 Å². The first-order valence-electron chi connectivity index (χ1n) is 8.64. The van der Waals surface area contributed by atoms with Crippen LogP contribution in [0.3, 0.4) is 0 Å². The number of rotatable bonds is 5. The van der Waals surface area contributed by atoms with Crippen LogP contribution in [0.15, 0.2) is 37.1 Å². The van der Waals surface area contributed by atoms with Crippen LogP contribution >= 0.6 is 0 Å². The van der Waals surface area contributed by atoms with E-state index in [-0.39, 0.29) is 11.9 Å². The second-order valence-electron chi connectivity index (χ2n) is 6.64. The minimum Gasteiger partial charge on any atom is -0.349 e. The van der Waals surface area contributed by atoms with Gasteiger partial charge in [-0.15, -0.1) is 6.58 Å². The van der Waals surface area contributed by atoms with Gasteiger partial charge < -0.3 is 5.32 Å². The fourth-order valence-electron chi connectivity index (χ4n) is 3.50. The number of nitrogens with one attached hydrogen (secondary N) is 1. The van der Waals surface area contributed by atoms with Crippen LogP contribution in [0.1, 0.15) is 54.1 Å². The van der Waals surface area contributed by atoms with Gasteiger partial charge in [-0.1, -0.05) is 12.1 Å². The molecule has 4 heteroatoms. The van der Waals surface area contributed by atoms with E-state index < -0.39 is 0 Å². The molecule has 0 saturated heterocycles. The van der Waals surface area contributed by atoms with Crippen LogP contribution in [-0.2, 0) is 11.2 Å². The van der Waals surface area contributed by atoms with E-state index in [9.17, 15) is 4.79 Å². The molecule has 4 nitrogen and oxygen atoms in total. The van der Waals surface area contributed by atoms with Gasteiger partial charge >= 0.3 is 0 Å². The first kappa shape index (κ1) is 16.5. The summed E-state index contributed by atoms with van der Waals surface area (Å²) < 4.78 is 2.04. The molecule has 0 fully saturated rings. The van der Waals surface area contributed by atoms with Crippen molar-refractivity contribution in [1.82, 2.24) is 15.1 Å². The van der Waals surface area contributed by atoms with Crippen LogP contribution in [0.4, 0.5) is 0 Å². The molecule has 24 heavy (non-hydrogen) atoms. The van der Waals surface area contributed by atoms with Crippen molar-refractivity contribution in [2.45, 2.75) is 52.0 Å². The monoisotopic (exact) mass is 323 g/mol. The van der Waals surface area contributed by atoms with Gasteiger partial charge in [-0.05, 0) is 62.8 Å². The quantitative estimate of drug-likeness (QED) is 0.847. The first-order valence-corrected chi connectivity index (χ1v) is 8.64. The van der Waals surface area contributed by atoms with Gasteiger partial charge in [-0.25, -0.2) is 4.68 Å². The second kappa shape index (κ2) is 7.04. The van der Waals surface area contributed by atoms with E-state index in [0.717, 1.165) is 30.5 Å². The molecule has 0 radical (unpaired) electrons. The number of allylic oxidation sites excluding steroid dienone is 1. The summed E-state index contributed by atoms with van der Waals surface area (Å²) in [5, 5.41) is 7.78. The number of benzene rings is 1. The minimum atomic E-state index is 0.0747. The summed E-state index contributed by atoms with van der Waals surface area (Å²) >= 11 is 0. The van der Waals surface area contributed by atoms with E-state index >= 15 is 0 Å². The van der Waals surface area contributed by atoms with Crippen molar-refractivity contribution in [1.29, 1.82) is 0 Å². The molecule has 3 rings (SSSR count). The molecule has 0 bridgehead atoms. The Morgan fingerprint density at radius 3 is 2.83 bits per heavy atom. The van der Waals surface area contributed by atoms with Crippen molar-refractivity contribution in [2.24, 2.45) is 0 Å². The van der Waals surface area contributed by atoms with Crippen LogP contribution in [0.5, 0.6) is 0 Å². The number of carbonyl (C=O) groups excluding carboxylic acids is 1. The summed E-state index contributed by atoms with van der Waals surface area (Å²) in [6.45, 7) is 7.89. The third kappa shape index (κ3) is 3.42. The predicted octanol–water partition coefficient (Wildman–Crippen LogP) is 3.95. The zero-order valence-electron chi connectivity index (χ0n) is 14.5. The number of aromatic nitrogens is 2. The molecule has 1 aliphatic rings. The van der Waals surface area contributed by atoms with E-state index in [0.29, 0.717) is 12.8 Å². The fourth-order valence-corrected chi connectivity index (χ4v) is 3.50. The lowest BCUT2D eigenvalue weighted by Crippen LogP contribution is -2.30. The zero-order chi connectivity index (χ0) is 17.1. The van der Waals surface area contributed by atoms with Crippen molar-refractivity contribution in [3.8, 4) is 5.69 Å². The van der Waals surface area contributed by atoms with Crippen LogP contribution in [0.25, 0.3) is 5.69 Å². The average Bonchev–Trinajstić information content (AvgIpc) is 2.97. The summed E-state index contributed by atoms with van der Waals surface area (Å²) in [6, 6.07) is 6.56. The highest BCUT2D eigenvalue weighted by Crippen LogP contribution is 2.31. The molecule has 0 unspecified atom stereocenters. The molecule has 126 valence electrons. The molecule has 2 aromatic rings. The Morgan fingerprint density at radius 1 is 1.38 bits per heavy atom. The molecule has 1 aromatic carbocycles. The Morgan fingerprint density at radius 2 is 2.12 bits per heavy atom. The van der Waals surface area contributed by atoms with E-state index in [2.05, 4.69) is 49.0 Å². The van der Waals surface area contributed by atoms with Gasteiger partial charge in [0, 0.05) is 17.7 Å². The highest BCUT2D eigenvalue weighted by Gasteiger charge is 2.25. The Hall–Kier alpha value is -2.36. The van der Waals surface area contributed by atoms with Crippen LogP contribution in [0.2, 0.25) is 0 Å². The van der Waals surface area contributed by atoms with Gasteiger partial charge in [0.05, 0.1) is 17.9 Å². The standard InChI is InChI=1S/C20H25N3O/c1-4-5-9-20(24)22-18-7-6-8-19-17(18)13-21-23(19)16-11-14(2)10-15(3)12-16/h4,10-13,18H,1,5-9H2,2-3H3,(H,22,24)/t18-/m1/s1. The first-order chi connectivity index (χ1) is 11.6. The van der Waals surface area contributed by atoms with Crippen LogP contribution in [-0.4, -0.2) is 15.7 Å². The van der Waals surface area contributed by atoms with E-state index in [4.69, 9.17) is 0 Å². The Balaban J connectivity index is 1.87. The van der Waals surface area contributed by atoms with E-state index in [1.54, 1.807) is 6.08 Å². The molecule has 1 aromatic heterocycles. The summed E-state index contributed by atoms with van der Waals surface area (Å²) in [4.78, 5) is 12.1. The molecule has 1 atom stereocenters. The zero-order valence-corrected chi connectivity index (χ0v) is 14.5. The summed E-state index contributed by atoms with van der Waals surface area (Å²) in [5.74, 6) is 0.0897. The lowest BCUT2D eigenvalue weighted by molar-refractivity contribution is -0.121. The maximum atomic E-state index is 12.1. The van der Waals surface area contributed by atoms with Gasteiger partial charge in [0.15, 0.2) is 0 Å². The Bertz CT molecular complexity index is 740. The number of carbonyl (C=O) groups is 1. The minimum absolute atomic E-state index is 0.0747. The fraction of sp³-hybridized carbons (Fsp3) is 0.400. The number of amides is 1. The topological polar surface area (TPSA) is 46.9 Å². The third-order valence-corrected chi connectivity index (χ3v) is 4.54. The predicted molar refractivity (Wildman–Crippen MR) is 96.3 cm³/mol. The van der Waals surface area contributed by atoms with Gasteiger partial charge in [-0.2, -0.15) is 5.10 Å². The normalized spacial score (nSPS) is 16.5. The number of aryl methyl sites for hydroxylation is 2. The van der Waals surface area contributed by atoms with Crippen molar-refractivity contribution in [2.75, 3.05) is 0 Å². The van der Waals surface area contributed by atoms with E-state index in [1.165, 1.54) is 16.8 Å². The highest BCUT2D eigenvalue weighted by atomic mass is 16.1. The van der Waals surface area contributed by atoms with Crippen molar-refractivity contribution in [3.05, 3.63) is 59.4 Å². The van der Waals surface area contributed by atoms with Crippen molar-refractivity contribution < 1.29 is 4.79 Å². The third-order valence-electron chi connectivity index (χ3n) is 4.54. The SMILES string of the molecule is C=CCCC(=O)N[C@@H]1CCCc2c1cnn2-c1cc(C)cc(C)c1. The average molecular weight is 323 g/mol. The molecule has 1 N–H and O–H groups in total. The van der Waals surface area contributed by atoms with Gasteiger partial charge in [0.1, 0.15) is 0 Å². The number of hydrogen-bond acceptors (Lipinski definition) is 2. The molecule has 0 spiro atoms. The summed E-state index contributed by atoms with van der Waals surface area (Å²) in [7, 11) is 0. The Kier molecular flexibility index (Phi) is 4.84. The van der Waals surface area contributed by atoms with Crippen LogP contribution in [0, 0.1) is 13.8 Å². The number of nitrogens with zero attached hydrogens (tertiary/aromatic N) is 2. The number of hydrogen-bond donors (Lipinski definition) is 1. The molecule has 0 aliphatic heterocycles. The van der Waals surface area contributed by atoms with Crippen LogP contribution < -0.4 is 5.32 Å². The Labute approximate surface area is 143 Å². The molecule has 1 heterocycles. The summed E-state index contributed by atoms with van der Waals surface area (Å²) in [6.07, 6.45) is 7.96. The lowest BCUT2D eigenvalue weighted by atomic mass is 9.92. The molecular formula is C20H25N3O. The highest BCUT2D eigenvalue weighted by molar-refractivity contribution is 5.76. The maximum Gasteiger partial charge on any atom is 0.220 e. The maximum absolute atomic E-state index is 12.1. The smallest absolute Gasteiger partial charge is 0.220 e. The van der Waals surface area contributed by atoms with Gasteiger partial charge in [0.2, 0.25) is 5.91 Å². The van der Waals surface area contributed by atoms with Crippen molar-refractivity contribution >= 4 is 5.91 Å². The lowest BCUT2D eigenvalue weighted by Gasteiger charge is -2.24. The molecular weight excluding hydrogens is 298 g/mol. The van der Waals surface area contributed by atoms with E-state index in [1.807, 2.05) is 10.9 Å². The molecule has 0 saturated carbocycles. The summed E-state index contributed by atoms with van der Waals surface area (Å²) in [5.41, 5.74) is 5.96. The largest absolute Gasteiger partial charge is 0.349 e. The van der Waals surface area contributed by atoms with Gasteiger partial charge in [-0.3, -0.25) is 4.79 Å². The second-order valence-corrected chi connectivity index (χ2v) is 6.64. The number of fused-ring (bicyclic) bond motifs is 1. The molecule has 1 amide bonds. The van der Waals surface area contributed by atoms with Gasteiger partial charge in [0.25, 0.3) is 0 Å². The molecule has 1 aliphatic carbocycles.